The maximum absolute atomic E-state index is 15.2. The van der Waals surface area contributed by atoms with E-state index in [4.69, 9.17) is 0 Å². The van der Waals surface area contributed by atoms with Crippen LogP contribution in [0.3, 0.4) is 0 Å². The van der Waals surface area contributed by atoms with Gasteiger partial charge in [0, 0.05) is 38.9 Å². The lowest BCUT2D eigenvalue weighted by Crippen LogP contribution is -2.38. The summed E-state index contributed by atoms with van der Waals surface area (Å²) in [5.74, 6) is -11.2. The van der Waals surface area contributed by atoms with Gasteiger partial charge in [0.2, 0.25) is 5.78 Å². The van der Waals surface area contributed by atoms with E-state index in [0.717, 1.165) is 41.4 Å². The Morgan fingerprint density at radius 3 is 1.56 bits per heavy atom. The summed E-state index contributed by atoms with van der Waals surface area (Å²) in [6.45, 7) is 14.8. The number of anilines is 2. The van der Waals surface area contributed by atoms with Gasteiger partial charge in [0.1, 0.15) is 0 Å². The Balaban J connectivity index is 1.77. The molecular weight excluding hydrogens is 556 g/mol. The van der Waals surface area contributed by atoms with Gasteiger partial charge in [-0.25, -0.2) is 0 Å². The molecule has 0 heterocycles. The minimum atomic E-state index is -4.13. The Morgan fingerprint density at radius 2 is 1.09 bits per heavy atom. The highest BCUT2D eigenvalue weighted by molar-refractivity contribution is 5.97. The second kappa shape index (κ2) is 12.1. The van der Waals surface area contributed by atoms with Crippen LogP contribution in [0.15, 0.2) is 72.8 Å². The van der Waals surface area contributed by atoms with Crippen LogP contribution in [0.5, 0.6) is 0 Å². The quantitative estimate of drug-likeness (QED) is 0.204. The molecule has 3 aromatic rings. The molecule has 0 saturated heterocycles. The number of hydrogen-bond acceptors (Lipinski definition) is 3. The zero-order chi connectivity index (χ0) is 32.4. The standard InChI is InChI=1S/C35H42F4N2O2/c1-9-31(3,4)29(42)34(36,37)25-12-11-13-26(22-25)35(38,39)30(43)40-27-18-14-23(15-19-27)33(7,8)24-16-20-28(21-17-24)41-32(5,6)10-2/h11-22,41H,9-10H2,1-8H3,(H,40,43). The number of halogens is 4. The highest BCUT2D eigenvalue weighted by atomic mass is 19.3. The van der Waals surface area contributed by atoms with Crippen molar-refractivity contribution >= 4 is 23.1 Å². The molecule has 0 radical (unpaired) electrons. The van der Waals surface area contributed by atoms with Gasteiger partial charge in [-0.3, -0.25) is 9.59 Å². The number of carbonyl (C=O) groups excluding carboxylic acids is 2. The van der Waals surface area contributed by atoms with Gasteiger partial charge in [0.15, 0.2) is 0 Å². The van der Waals surface area contributed by atoms with Crippen LogP contribution in [0.2, 0.25) is 0 Å². The predicted octanol–water partition coefficient (Wildman–Crippen LogP) is 9.44. The highest BCUT2D eigenvalue weighted by Crippen LogP contribution is 2.40. The molecule has 0 aliphatic carbocycles. The van der Waals surface area contributed by atoms with Crippen molar-refractivity contribution in [3.05, 3.63) is 95.1 Å². The zero-order valence-electron chi connectivity index (χ0n) is 26.2. The number of amides is 1. The summed E-state index contributed by atoms with van der Waals surface area (Å²) in [6, 6.07) is 18.0. The lowest BCUT2D eigenvalue weighted by molar-refractivity contribution is -0.154. The summed E-state index contributed by atoms with van der Waals surface area (Å²) in [5.41, 5.74) is -0.520. The maximum atomic E-state index is 15.2. The van der Waals surface area contributed by atoms with E-state index >= 15 is 17.6 Å². The van der Waals surface area contributed by atoms with E-state index in [-0.39, 0.29) is 17.6 Å². The average Bonchev–Trinajstić information content (AvgIpc) is 2.97. The lowest BCUT2D eigenvalue weighted by Gasteiger charge is -2.29. The Morgan fingerprint density at radius 1 is 0.628 bits per heavy atom. The van der Waals surface area contributed by atoms with Crippen LogP contribution in [0.25, 0.3) is 0 Å². The third-order valence-electron chi connectivity index (χ3n) is 8.49. The van der Waals surface area contributed by atoms with E-state index in [1.807, 2.05) is 38.1 Å². The van der Waals surface area contributed by atoms with Crippen LogP contribution < -0.4 is 10.6 Å². The molecule has 0 saturated carbocycles. The molecule has 0 aromatic heterocycles. The van der Waals surface area contributed by atoms with Crippen molar-refractivity contribution in [3.8, 4) is 0 Å². The maximum Gasteiger partial charge on any atom is 0.350 e. The second-order valence-electron chi connectivity index (χ2n) is 12.9. The number of benzene rings is 3. The van der Waals surface area contributed by atoms with Gasteiger partial charge in [-0.2, -0.15) is 17.6 Å². The number of carbonyl (C=O) groups is 2. The second-order valence-corrected chi connectivity index (χ2v) is 12.9. The summed E-state index contributed by atoms with van der Waals surface area (Å²) < 4.78 is 60.4. The normalized spacial score (nSPS) is 13.0. The van der Waals surface area contributed by atoms with Crippen LogP contribution in [0, 0.1) is 5.41 Å². The molecule has 8 heteroatoms. The Kier molecular flexibility index (Phi) is 9.54. The van der Waals surface area contributed by atoms with Gasteiger partial charge in [-0.1, -0.05) is 84.0 Å². The van der Waals surface area contributed by atoms with Crippen molar-refractivity contribution in [2.45, 2.75) is 91.0 Å². The number of hydrogen-bond donors (Lipinski definition) is 2. The molecule has 0 aliphatic rings. The minimum Gasteiger partial charge on any atom is -0.380 e. The first-order valence-corrected chi connectivity index (χ1v) is 14.5. The van der Waals surface area contributed by atoms with E-state index in [9.17, 15) is 9.59 Å². The topological polar surface area (TPSA) is 58.2 Å². The van der Waals surface area contributed by atoms with E-state index < -0.39 is 45.5 Å². The van der Waals surface area contributed by atoms with Crippen LogP contribution in [-0.4, -0.2) is 17.2 Å². The molecule has 43 heavy (non-hydrogen) atoms. The van der Waals surface area contributed by atoms with Gasteiger partial charge in [-0.05, 0) is 68.1 Å². The van der Waals surface area contributed by atoms with Crippen molar-refractivity contribution in [1.82, 2.24) is 0 Å². The summed E-state index contributed by atoms with van der Waals surface area (Å²) >= 11 is 0. The van der Waals surface area contributed by atoms with Gasteiger partial charge in [0.25, 0.3) is 5.91 Å². The molecule has 0 atom stereocenters. The average molecular weight is 599 g/mol. The number of alkyl halides is 4. The first-order valence-electron chi connectivity index (χ1n) is 14.5. The SMILES string of the molecule is CCC(C)(C)Nc1ccc(C(C)(C)c2ccc(NC(=O)C(F)(F)c3cccc(C(F)(F)C(=O)C(C)(C)CC)c3)cc2)cc1. The van der Waals surface area contributed by atoms with Crippen LogP contribution in [0.4, 0.5) is 28.9 Å². The van der Waals surface area contributed by atoms with Crippen molar-refractivity contribution in [2.24, 2.45) is 5.41 Å². The molecule has 0 spiro atoms. The molecule has 4 nitrogen and oxygen atoms in total. The van der Waals surface area contributed by atoms with Crippen molar-refractivity contribution in [3.63, 3.8) is 0 Å². The third-order valence-corrected chi connectivity index (χ3v) is 8.49. The largest absolute Gasteiger partial charge is 0.380 e. The summed E-state index contributed by atoms with van der Waals surface area (Å²) in [5, 5.41) is 5.70. The lowest BCUT2D eigenvalue weighted by atomic mass is 9.78. The monoisotopic (exact) mass is 598 g/mol. The van der Waals surface area contributed by atoms with Crippen molar-refractivity contribution < 1.29 is 27.2 Å². The molecule has 0 bridgehead atoms. The molecule has 3 aromatic carbocycles. The van der Waals surface area contributed by atoms with Crippen LogP contribution >= 0.6 is 0 Å². The number of ketones is 1. The Hall–Kier alpha value is -3.68. The number of rotatable bonds is 12. The van der Waals surface area contributed by atoms with Gasteiger partial charge in [-0.15, -0.1) is 0 Å². The van der Waals surface area contributed by atoms with Gasteiger partial charge < -0.3 is 10.6 Å². The molecule has 0 unspecified atom stereocenters. The molecular formula is C35H42F4N2O2. The fourth-order valence-electron chi connectivity index (χ4n) is 4.55. The molecule has 0 aliphatic heterocycles. The van der Waals surface area contributed by atoms with Crippen molar-refractivity contribution in [1.29, 1.82) is 0 Å². The molecule has 2 N–H and O–H groups in total. The number of nitrogens with one attached hydrogen (secondary N) is 2. The summed E-state index contributed by atoms with van der Waals surface area (Å²) in [6.07, 6.45) is 1.12. The molecule has 0 fully saturated rings. The minimum absolute atomic E-state index is 0.0349. The third kappa shape index (κ3) is 7.28. The first-order chi connectivity index (χ1) is 19.8. The molecule has 3 rings (SSSR count). The first kappa shape index (κ1) is 33.8. The summed E-state index contributed by atoms with van der Waals surface area (Å²) in [7, 11) is 0. The smallest absolute Gasteiger partial charge is 0.350 e. The van der Waals surface area contributed by atoms with Gasteiger partial charge in [0.05, 0.1) is 0 Å². The number of Topliss-reactive ketones (excluding diaryl/α,β-unsaturated/α-hetero) is 1. The zero-order valence-corrected chi connectivity index (χ0v) is 26.2. The van der Waals surface area contributed by atoms with Gasteiger partial charge >= 0.3 is 11.8 Å². The molecule has 232 valence electrons. The van der Waals surface area contributed by atoms with E-state index in [1.165, 1.54) is 26.0 Å². The Labute approximate surface area is 252 Å². The van der Waals surface area contributed by atoms with E-state index in [1.54, 1.807) is 19.1 Å². The van der Waals surface area contributed by atoms with E-state index in [2.05, 4.69) is 31.4 Å². The fraction of sp³-hybridized carbons (Fsp3) is 0.429. The van der Waals surface area contributed by atoms with E-state index in [0.29, 0.717) is 6.07 Å². The summed E-state index contributed by atoms with van der Waals surface area (Å²) in [4.78, 5) is 25.2. The molecule has 1 amide bonds. The van der Waals surface area contributed by atoms with Crippen LogP contribution in [-0.2, 0) is 26.8 Å². The van der Waals surface area contributed by atoms with Crippen LogP contribution in [0.1, 0.15) is 90.5 Å². The fourth-order valence-corrected chi connectivity index (χ4v) is 4.55. The Bertz CT molecular complexity index is 1440. The van der Waals surface area contributed by atoms with Crippen molar-refractivity contribution in [2.75, 3.05) is 10.6 Å². The predicted molar refractivity (Wildman–Crippen MR) is 165 cm³/mol. The highest BCUT2D eigenvalue weighted by Gasteiger charge is 2.49.